The summed E-state index contributed by atoms with van der Waals surface area (Å²) in [6, 6.07) is 25.0. The first-order valence-electron chi connectivity index (χ1n) is 15.5. The minimum Gasteiger partial charge on any atom is -0.445 e. The SMILES string of the molecule is C[C@H](NC(=O)OCc1ccccc1)C(=O)C[C@@H](Cc1ccc(C(C)(C)C)cc1)C(=O)N[C@@H](Cc1ccccc1)C(=O)C1(C)CO1. The Hall–Kier alpha value is -4.30. The van der Waals surface area contributed by atoms with Crippen LogP contribution in [0.5, 0.6) is 0 Å². The monoisotopic (exact) mass is 612 g/mol. The van der Waals surface area contributed by atoms with E-state index in [1.165, 1.54) is 0 Å². The second-order valence-corrected chi connectivity index (χ2v) is 13.1. The highest BCUT2D eigenvalue weighted by molar-refractivity contribution is 5.98. The van der Waals surface area contributed by atoms with Crippen molar-refractivity contribution < 1.29 is 28.7 Å². The van der Waals surface area contributed by atoms with Gasteiger partial charge in [0.15, 0.2) is 11.6 Å². The third kappa shape index (κ3) is 9.85. The van der Waals surface area contributed by atoms with Crippen LogP contribution in [-0.4, -0.2) is 47.9 Å². The summed E-state index contributed by atoms with van der Waals surface area (Å²) >= 11 is 0. The van der Waals surface area contributed by atoms with Gasteiger partial charge in [-0.2, -0.15) is 0 Å². The number of carbonyl (C=O) groups is 4. The van der Waals surface area contributed by atoms with Crippen LogP contribution in [0.15, 0.2) is 84.9 Å². The quantitative estimate of drug-likeness (QED) is 0.232. The highest BCUT2D eigenvalue weighted by Crippen LogP contribution is 2.29. The van der Waals surface area contributed by atoms with Gasteiger partial charge in [-0.05, 0) is 54.4 Å². The topological polar surface area (TPSA) is 114 Å². The third-order valence-electron chi connectivity index (χ3n) is 8.16. The van der Waals surface area contributed by atoms with Crippen molar-refractivity contribution >= 4 is 23.6 Å². The molecule has 1 aliphatic rings. The van der Waals surface area contributed by atoms with E-state index in [0.717, 1.165) is 22.3 Å². The molecule has 2 N–H and O–H groups in total. The van der Waals surface area contributed by atoms with Gasteiger partial charge in [0.1, 0.15) is 12.2 Å². The van der Waals surface area contributed by atoms with E-state index >= 15 is 0 Å². The summed E-state index contributed by atoms with van der Waals surface area (Å²) in [4.78, 5) is 53.1. The van der Waals surface area contributed by atoms with Crippen molar-refractivity contribution in [2.75, 3.05) is 6.61 Å². The van der Waals surface area contributed by atoms with E-state index in [2.05, 4.69) is 31.4 Å². The van der Waals surface area contributed by atoms with Gasteiger partial charge in [0, 0.05) is 12.3 Å². The van der Waals surface area contributed by atoms with Gasteiger partial charge >= 0.3 is 6.09 Å². The maximum atomic E-state index is 13.9. The maximum Gasteiger partial charge on any atom is 0.408 e. The molecule has 1 fully saturated rings. The predicted octanol–water partition coefficient (Wildman–Crippen LogP) is 5.50. The highest BCUT2D eigenvalue weighted by Gasteiger charge is 2.50. The van der Waals surface area contributed by atoms with Crippen molar-refractivity contribution in [3.63, 3.8) is 0 Å². The molecule has 0 bridgehead atoms. The van der Waals surface area contributed by atoms with Gasteiger partial charge in [-0.1, -0.05) is 106 Å². The molecule has 0 aromatic heterocycles. The molecule has 0 spiro atoms. The Bertz CT molecular complexity index is 1460. The van der Waals surface area contributed by atoms with Gasteiger partial charge < -0.3 is 20.1 Å². The van der Waals surface area contributed by atoms with Crippen LogP contribution in [0.2, 0.25) is 0 Å². The summed E-state index contributed by atoms with van der Waals surface area (Å²) in [5.74, 6) is -1.70. The van der Waals surface area contributed by atoms with Crippen molar-refractivity contribution in [3.05, 3.63) is 107 Å². The summed E-state index contributed by atoms with van der Waals surface area (Å²) in [5.41, 5.74) is 2.81. The number of rotatable bonds is 14. The molecule has 1 heterocycles. The first-order valence-corrected chi connectivity index (χ1v) is 15.5. The normalized spacial score (nSPS) is 17.8. The van der Waals surface area contributed by atoms with E-state index in [1.807, 2.05) is 84.9 Å². The number of hydrogen-bond acceptors (Lipinski definition) is 6. The molecule has 8 nitrogen and oxygen atoms in total. The summed E-state index contributed by atoms with van der Waals surface area (Å²) in [5, 5.41) is 5.55. The number of alkyl carbamates (subject to hydrolysis) is 1. The number of ketones is 2. The van der Waals surface area contributed by atoms with Gasteiger partial charge in [0.2, 0.25) is 5.91 Å². The zero-order chi connectivity index (χ0) is 32.6. The van der Waals surface area contributed by atoms with Crippen LogP contribution in [0.25, 0.3) is 0 Å². The number of carbonyl (C=O) groups excluding carboxylic acids is 4. The second-order valence-electron chi connectivity index (χ2n) is 13.1. The zero-order valence-electron chi connectivity index (χ0n) is 26.8. The molecule has 238 valence electrons. The fourth-order valence-electron chi connectivity index (χ4n) is 5.09. The van der Waals surface area contributed by atoms with E-state index in [9.17, 15) is 19.2 Å². The van der Waals surface area contributed by atoms with Crippen LogP contribution >= 0.6 is 0 Å². The van der Waals surface area contributed by atoms with Crippen LogP contribution in [-0.2, 0) is 48.7 Å². The Morgan fingerprint density at radius 1 is 0.822 bits per heavy atom. The second kappa shape index (κ2) is 14.7. The number of nitrogens with one attached hydrogen (secondary N) is 2. The lowest BCUT2D eigenvalue weighted by atomic mass is 9.85. The number of hydrogen-bond donors (Lipinski definition) is 2. The van der Waals surface area contributed by atoms with Gasteiger partial charge in [-0.15, -0.1) is 0 Å². The average molecular weight is 613 g/mol. The number of epoxide rings is 1. The van der Waals surface area contributed by atoms with Gasteiger partial charge in [-0.25, -0.2) is 4.79 Å². The third-order valence-corrected chi connectivity index (χ3v) is 8.16. The minimum atomic E-state index is -0.931. The molecule has 0 radical (unpaired) electrons. The van der Waals surface area contributed by atoms with Crippen LogP contribution in [0.3, 0.4) is 0 Å². The van der Waals surface area contributed by atoms with Crippen LogP contribution in [0.4, 0.5) is 4.79 Å². The average Bonchev–Trinajstić information content (AvgIpc) is 3.78. The zero-order valence-corrected chi connectivity index (χ0v) is 26.8. The fraction of sp³-hybridized carbons (Fsp3) is 0.405. The lowest BCUT2D eigenvalue weighted by Gasteiger charge is -2.24. The largest absolute Gasteiger partial charge is 0.445 e. The number of amides is 2. The first-order chi connectivity index (χ1) is 21.3. The molecular weight excluding hydrogens is 568 g/mol. The van der Waals surface area contributed by atoms with E-state index in [-0.39, 0.29) is 36.4 Å². The number of benzene rings is 3. The standard InChI is InChI=1S/C37H44N2O6/c1-25(38-35(43)44-23-28-14-10-7-11-15-28)32(40)22-29(20-27-16-18-30(19-17-27)36(2,3)4)34(42)39-31(33(41)37(5)24-45-37)21-26-12-8-6-9-13-26/h6-19,25,29,31H,20-24H2,1-5H3,(H,38,43)(H,39,42)/t25-,29+,31-,37?/m0/s1. The van der Waals surface area contributed by atoms with Crippen molar-refractivity contribution in [2.24, 2.45) is 5.92 Å². The molecule has 0 saturated carbocycles. The van der Waals surface area contributed by atoms with Crippen molar-refractivity contribution in [3.8, 4) is 0 Å². The van der Waals surface area contributed by atoms with E-state index in [0.29, 0.717) is 13.0 Å². The molecule has 3 aromatic carbocycles. The molecule has 4 atom stereocenters. The molecule has 3 aromatic rings. The summed E-state index contributed by atoms with van der Waals surface area (Å²) in [6.07, 6.45) is -0.263. The molecular formula is C37H44N2O6. The van der Waals surface area contributed by atoms with Crippen LogP contribution in [0.1, 0.15) is 63.3 Å². The Morgan fingerprint density at radius 3 is 1.93 bits per heavy atom. The molecule has 1 aliphatic heterocycles. The van der Waals surface area contributed by atoms with Gasteiger partial charge in [0.05, 0.1) is 18.7 Å². The summed E-state index contributed by atoms with van der Waals surface area (Å²) in [6.45, 7) is 10.1. The first kappa shape index (κ1) is 33.6. The van der Waals surface area contributed by atoms with E-state index < -0.39 is 35.6 Å². The fourth-order valence-corrected chi connectivity index (χ4v) is 5.09. The molecule has 8 heteroatoms. The smallest absolute Gasteiger partial charge is 0.408 e. The Morgan fingerprint density at radius 2 is 1.38 bits per heavy atom. The van der Waals surface area contributed by atoms with Crippen molar-refractivity contribution in [2.45, 2.75) is 83.6 Å². The van der Waals surface area contributed by atoms with E-state index in [1.54, 1.807) is 13.8 Å². The minimum absolute atomic E-state index is 0.0342. The molecule has 0 aliphatic carbocycles. The summed E-state index contributed by atoms with van der Waals surface area (Å²) < 4.78 is 10.7. The highest BCUT2D eigenvalue weighted by atomic mass is 16.6. The lowest BCUT2D eigenvalue weighted by Crippen LogP contribution is -2.50. The molecule has 2 amide bonds. The van der Waals surface area contributed by atoms with Crippen molar-refractivity contribution in [1.29, 1.82) is 0 Å². The lowest BCUT2D eigenvalue weighted by molar-refractivity contribution is -0.134. The number of ether oxygens (including phenoxy) is 2. The van der Waals surface area contributed by atoms with Crippen LogP contribution in [0, 0.1) is 5.92 Å². The van der Waals surface area contributed by atoms with E-state index in [4.69, 9.17) is 9.47 Å². The molecule has 45 heavy (non-hydrogen) atoms. The summed E-state index contributed by atoms with van der Waals surface area (Å²) in [7, 11) is 0. The maximum absolute atomic E-state index is 13.9. The Balaban J connectivity index is 1.48. The number of Topliss-reactive ketones (excluding diaryl/α,β-unsaturated/α-hetero) is 2. The molecule has 1 saturated heterocycles. The van der Waals surface area contributed by atoms with Gasteiger partial charge in [-0.3, -0.25) is 14.4 Å². The Kier molecular flexibility index (Phi) is 10.9. The predicted molar refractivity (Wildman–Crippen MR) is 173 cm³/mol. The molecule has 4 rings (SSSR count). The van der Waals surface area contributed by atoms with Gasteiger partial charge in [0.25, 0.3) is 0 Å². The van der Waals surface area contributed by atoms with Crippen LogP contribution < -0.4 is 10.6 Å². The van der Waals surface area contributed by atoms with Crippen molar-refractivity contribution in [1.82, 2.24) is 10.6 Å². The molecule has 1 unspecified atom stereocenters. The Labute approximate surface area is 265 Å².